The quantitative estimate of drug-likeness (QED) is 0.782. The van der Waals surface area contributed by atoms with Gasteiger partial charge in [0.05, 0.1) is 18.7 Å². The van der Waals surface area contributed by atoms with Crippen LogP contribution in [0.25, 0.3) is 10.8 Å². The molecule has 0 radical (unpaired) electrons. The predicted molar refractivity (Wildman–Crippen MR) is 103 cm³/mol. The minimum absolute atomic E-state index is 0.0510. The molecule has 0 bridgehead atoms. The molecule has 1 aliphatic rings. The first-order valence-corrected chi connectivity index (χ1v) is 9.25. The first-order chi connectivity index (χ1) is 12.6. The molecule has 1 aromatic heterocycles. The van der Waals surface area contributed by atoms with Crippen molar-refractivity contribution in [1.82, 2.24) is 9.88 Å². The highest BCUT2D eigenvalue weighted by Crippen LogP contribution is 2.25. The van der Waals surface area contributed by atoms with Crippen molar-refractivity contribution in [3.8, 4) is 0 Å². The first-order valence-electron chi connectivity index (χ1n) is 9.25. The van der Waals surface area contributed by atoms with Gasteiger partial charge in [0.2, 0.25) is 0 Å². The van der Waals surface area contributed by atoms with E-state index in [0.29, 0.717) is 17.7 Å². The van der Waals surface area contributed by atoms with Crippen LogP contribution in [0.1, 0.15) is 26.5 Å². The maximum absolute atomic E-state index is 13.6. The Morgan fingerprint density at radius 3 is 2.54 bits per heavy atom. The lowest BCUT2D eigenvalue weighted by Crippen LogP contribution is -2.44. The van der Waals surface area contributed by atoms with Crippen LogP contribution in [0.2, 0.25) is 0 Å². The Hall–Kier alpha value is -2.21. The summed E-state index contributed by atoms with van der Waals surface area (Å²) in [5, 5.41) is 1.56. The number of halogens is 1. The average Bonchev–Trinajstić information content (AvgIpc) is 2.64. The number of hydrogen-bond donors (Lipinski definition) is 0. The molecule has 1 aliphatic heterocycles. The van der Waals surface area contributed by atoms with E-state index in [1.165, 1.54) is 12.1 Å². The lowest BCUT2D eigenvalue weighted by atomic mass is 10.1. The molecule has 3 rings (SSSR count). The molecule has 1 fully saturated rings. The summed E-state index contributed by atoms with van der Waals surface area (Å²) in [6.45, 7) is 9.80. The van der Waals surface area contributed by atoms with E-state index in [4.69, 9.17) is 4.74 Å². The van der Waals surface area contributed by atoms with Gasteiger partial charge >= 0.3 is 5.97 Å². The minimum Gasteiger partial charge on any atom is -0.466 e. The molecule has 26 heavy (non-hydrogen) atoms. The summed E-state index contributed by atoms with van der Waals surface area (Å²) in [5.74, 6) is 0.161. The Morgan fingerprint density at radius 2 is 1.88 bits per heavy atom. The number of aromatic nitrogens is 1. The van der Waals surface area contributed by atoms with Crippen LogP contribution < -0.4 is 4.90 Å². The lowest BCUT2D eigenvalue weighted by molar-refractivity contribution is -0.142. The molecule has 0 N–H and O–H groups in total. The molecule has 0 atom stereocenters. The van der Waals surface area contributed by atoms with Crippen LogP contribution in [0, 0.1) is 5.82 Å². The van der Waals surface area contributed by atoms with Gasteiger partial charge in [0.1, 0.15) is 11.6 Å². The number of esters is 1. The zero-order valence-electron chi connectivity index (χ0n) is 16.1. The second-order valence-electron chi connectivity index (χ2n) is 6.06. The SMILES string of the molecule is CC.CCOC(=O)Cc1nc(N2CCN(C)CC2)cc2ccc(F)cc12. The first kappa shape index (κ1) is 20.1. The van der Waals surface area contributed by atoms with Crippen molar-refractivity contribution in [2.75, 3.05) is 44.7 Å². The smallest absolute Gasteiger partial charge is 0.311 e. The molecule has 6 heteroatoms. The molecule has 0 spiro atoms. The molecule has 0 unspecified atom stereocenters. The third kappa shape index (κ3) is 4.91. The van der Waals surface area contributed by atoms with E-state index < -0.39 is 0 Å². The van der Waals surface area contributed by atoms with Gasteiger partial charge in [-0.15, -0.1) is 0 Å². The van der Waals surface area contributed by atoms with Gasteiger partial charge in [0, 0.05) is 31.6 Å². The highest BCUT2D eigenvalue weighted by Gasteiger charge is 2.18. The van der Waals surface area contributed by atoms with Crippen molar-refractivity contribution in [3.05, 3.63) is 35.8 Å². The highest BCUT2D eigenvalue weighted by molar-refractivity contribution is 5.89. The number of hydrogen-bond acceptors (Lipinski definition) is 5. The van der Waals surface area contributed by atoms with Gasteiger partial charge in [-0.25, -0.2) is 9.37 Å². The standard InChI is InChI=1S/C18H22FN3O2.C2H6/c1-3-24-18(23)12-16-15-11-14(19)5-4-13(15)10-17(20-16)22-8-6-21(2)7-9-22;1-2/h4-5,10-11H,3,6-9,12H2,1-2H3;1-2H3. The maximum Gasteiger partial charge on any atom is 0.311 e. The molecule has 2 aromatic rings. The summed E-state index contributed by atoms with van der Waals surface area (Å²) in [5.41, 5.74) is 0.569. The van der Waals surface area contributed by atoms with Crippen LogP contribution in [0.3, 0.4) is 0 Å². The van der Waals surface area contributed by atoms with Crippen molar-refractivity contribution >= 4 is 22.6 Å². The summed E-state index contributed by atoms with van der Waals surface area (Å²) in [6, 6.07) is 6.57. The fourth-order valence-electron chi connectivity index (χ4n) is 2.96. The average molecular weight is 361 g/mol. The molecule has 0 saturated carbocycles. The number of piperazine rings is 1. The van der Waals surface area contributed by atoms with Crippen molar-refractivity contribution in [2.24, 2.45) is 0 Å². The van der Waals surface area contributed by atoms with Crippen LogP contribution in [-0.2, 0) is 16.0 Å². The Labute approximate surface area is 154 Å². The summed E-state index contributed by atoms with van der Waals surface area (Å²) >= 11 is 0. The molecule has 1 aromatic carbocycles. The van der Waals surface area contributed by atoms with E-state index in [9.17, 15) is 9.18 Å². The number of likely N-dealkylation sites (N-methyl/N-ethyl adjacent to an activating group) is 1. The number of carbonyl (C=O) groups is 1. The number of nitrogens with zero attached hydrogens (tertiary/aromatic N) is 3. The Morgan fingerprint density at radius 1 is 1.19 bits per heavy atom. The van der Waals surface area contributed by atoms with Crippen molar-refractivity contribution < 1.29 is 13.9 Å². The molecular weight excluding hydrogens is 333 g/mol. The Balaban J connectivity index is 0.00000117. The normalized spacial score (nSPS) is 14.7. The molecular formula is C20H28FN3O2. The van der Waals surface area contributed by atoms with Gasteiger partial charge in [-0.05, 0) is 37.6 Å². The van der Waals surface area contributed by atoms with E-state index >= 15 is 0 Å². The summed E-state index contributed by atoms with van der Waals surface area (Å²) in [6.07, 6.45) is 0.0510. The molecule has 2 heterocycles. The number of ether oxygens (including phenoxy) is 1. The van der Waals surface area contributed by atoms with E-state index in [-0.39, 0.29) is 18.2 Å². The van der Waals surface area contributed by atoms with Crippen molar-refractivity contribution in [3.63, 3.8) is 0 Å². The van der Waals surface area contributed by atoms with Crippen LogP contribution >= 0.6 is 0 Å². The molecule has 1 saturated heterocycles. The summed E-state index contributed by atoms with van der Waals surface area (Å²) in [4.78, 5) is 21.0. The molecule has 0 aliphatic carbocycles. The highest BCUT2D eigenvalue weighted by atomic mass is 19.1. The number of fused-ring (bicyclic) bond motifs is 1. The minimum atomic E-state index is -0.342. The number of anilines is 1. The second kappa shape index (κ2) is 9.48. The Bertz CT molecular complexity index is 743. The van der Waals surface area contributed by atoms with Crippen LogP contribution in [0.5, 0.6) is 0 Å². The van der Waals surface area contributed by atoms with E-state index in [1.54, 1.807) is 13.0 Å². The van der Waals surface area contributed by atoms with Crippen LogP contribution in [-0.4, -0.2) is 55.7 Å². The van der Waals surface area contributed by atoms with Gasteiger partial charge in [-0.2, -0.15) is 0 Å². The van der Waals surface area contributed by atoms with E-state index in [2.05, 4.69) is 21.8 Å². The zero-order valence-corrected chi connectivity index (χ0v) is 16.1. The second-order valence-corrected chi connectivity index (χ2v) is 6.06. The van der Waals surface area contributed by atoms with Gasteiger partial charge in [-0.3, -0.25) is 4.79 Å². The number of carbonyl (C=O) groups excluding carboxylic acids is 1. The third-order valence-electron chi connectivity index (χ3n) is 4.30. The maximum atomic E-state index is 13.6. The summed E-state index contributed by atoms with van der Waals surface area (Å²) < 4.78 is 18.7. The van der Waals surface area contributed by atoms with Gasteiger partial charge in [-0.1, -0.05) is 19.9 Å². The number of rotatable bonds is 4. The monoisotopic (exact) mass is 361 g/mol. The van der Waals surface area contributed by atoms with Crippen LogP contribution in [0.15, 0.2) is 24.3 Å². The molecule has 0 amide bonds. The van der Waals surface area contributed by atoms with Gasteiger partial charge in [0.15, 0.2) is 0 Å². The van der Waals surface area contributed by atoms with Gasteiger partial charge < -0.3 is 14.5 Å². The topological polar surface area (TPSA) is 45.7 Å². The summed E-state index contributed by atoms with van der Waals surface area (Å²) in [7, 11) is 2.10. The number of pyridine rings is 1. The Kier molecular flexibility index (Phi) is 7.33. The van der Waals surface area contributed by atoms with E-state index in [0.717, 1.165) is 37.4 Å². The zero-order chi connectivity index (χ0) is 19.1. The van der Waals surface area contributed by atoms with Crippen molar-refractivity contribution in [1.29, 1.82) is 0 Å². The lowest BCUT2D eigenvalue weighted by Gasteiger charge is -2.33. The van der Waals surface area contributed by atoms with Crippen molar-refractivity contribution in [2.45, 2.75) is 27.2 Å². The van der Waals surface area contributed by atoms with E-state index in [1.807, 2.05) is 19.9 Å². The van der Waals surface area contributed by atoms with Gasteiger partial charge in [0.25, 0.3) is 0 Å². The molecule has 142 valence electrons. The fourth-order valence-corrected chi connectivity index (χ4v) is 2.96. The number of benzene rings is 1. The fraction of sp³-hybridized carbons (Fsp3) is 0.500. The predicted octanol–water partition coefficient (Wildman–Crippen LogP) is 3.26. The largest absolute Gasteiger partial charge is 0.466 e. The molecule has 5 nitrogen and oxygen atoms in total. The third-order valence-corrected chi connectivity index (χ3v) is 4.30. The van der Waals surface area contributed by atoms with Crippen LogP contribution in [0.4, 0.5) is 10.2 Å².